The summed E-state index contributed by atoms with van der Waals surface area (Å²) >= 11 is 3.67. The van der Waals surface area contributed by atoms with Gasteiger partial charge in [-0.1, -0.05) is 6.08 Å². The summed E-state index contributed by atoms with van der Waals surface area (Å²) in [6, 6.07) is 0. The van der Waals surface area contributed by atoms with Crippen molar-refractivity contribution in [1.29, 1.82) is 0 Å². The van der Waals surface area contributed by atoms with Crippen LogP contribution in [-0.2, 0) is 0 Å². The van der Waals surface area contributed by atoms with Gasteiger partial charge in [0.1, 0.15) is 0 Å². The van der Waals surface area contributed by atoms with Gasteiger partial charge in [0.25, 0.3) is 0 Å². The van der Waals surface area contributed by atoms with E-state index in [1.165, 1.54) is 0 Å². The van der Waals surface area contributed by atoms with Crippen molar-refractivity contribution in [3.8, 4) is 0 Å². The first-order valence-electron chi connectivity index (χ1n) is 3.23. The maximum atomic E-state index is 10.4. The molecule has 3 aliphatic rings. The zero-order chi connectivity index (χ0) is 6.77. The van der Waals surface area contributed by atoms with E-state index in [2.05, 4.69) is 11.3 Å². The van der Waals surface area contributed by atoms with E-state index in [4.69, 9.17) is 0 Å². The highest BCUT2D eigenvalue weighted by Crippen LogP contribution is 2.69. The second-order valence-electron chi connectivity index (χ2n) is 2.81. The van der Waals surface area contributed by atoms with Crippen LogP contribution in [0.4, 0.5) is 0 Å². The first kappa shape index (κ1) is 5.66. The Labute approximate surface area is 66.8 Å². The molecule has 0 amide bonds. The zero-order valence-electron chi connectivity index (χ0n) is 5.06. The molecule has 0 radical (unpaired) electrons. The van der Waals surface area contributed by atoms with Crippen molar-refractivity contribution < 1.29 is 0 Å². The standard InChI is InChI=1S/C6H5NOS2/c8-7-6-2-1-3-4(9-3)5(6)10-6/h1-5H. The maximum absolute atomic E-state index is 10.4. The third-order valence-corrected chi connectivity index (χ3v) is 5.19. The van der Waals surface area contributed by atoms with Gasteiger partial charge in [0.05, 0.1) is 5.25 Å². The number of nitroso groups, excluding NO2 is 1. The number of fused-ring (bicyclic) bond motifs is 3. The van der Waals surface area contributed by atoms with Crippen LogP contribution in [0.3, 0.4) is 0 Å². The van der Waals surface area contributed by atoms with E-state index in [1.54, 1.807) is 11.8 Å². The van der Waals surface area contributed by atoms with Crippen LogP contribution in [0, 0.1) is 4.91 Å². The average molecular weight is 171 g/mol. The summed E-state index contributed by atoms with van der Waals surface area (Å²) in [4.78, 5) is 10.0. The minimum atomic E-state index is -0.315. The molecule has 4 atom stereocenters. The summed E-state index contributed by atoms with van der Waals surface area (Å²) in [5, 5.41) is 5.09. The number of nitrogens with zero attached hydrogens (tertiary/aromatic N) is 1. The minimum absolute atomic E-state index is 0.315. The van der Waals surface area contributed by atoms with Gasteiger partial charge in [-0.2, -0.15) is 0 Å². The molecule has 10 heavy (non-hydrogen) atoms. The fourth-order valence-corrected chi connectivity index (χ4v) is 4.17. The lowest BCUT2D eigenvalue weighted by Gasteiger charge is -2.00. The van der Waals surface area contributed by atoms with Gasteiger partial charge in [0, 0.05) is 10.5 Å². The van der Waals surface area contributed by atoms with Crippen LogP contribution in [0.25, 0.3) is 0 Å². The van der Waals surface area contributed by atoms with Crippen molar-refractivity contribution >= 4 is 23.5 Å². The van der Waals surface area contributed by atoms with Gasteiger partial charge in [0.15, 0.2) is 4.87 Å². The molecule has 0 N–H and O–H groups in total. The lowest BCUT2D eigenvalue weighted by Crippen LogP contribution is -2.16. The molecule has 4 unspecified atom stereocenters. The average Bonchev–Trinajstić information content (AvgIpc) is 2.82. The topological polar surface area (TPSA) is 29.4 Å². The van der Waals surface area contributed by atoms with E-state index in [0.717, 1.165) is 5.25 Å². The van der Waals surface area contributed by atoms with Crippen LogP contribution in [-0.4, -0.2) is 20.6 Å². The maximum Gasteiger partial charge on any atom is 0.179 e. The molecule has 0 aromatic rings. The van der Waals surface area contributed by atoms with Gasteiger partial charge in [-0.05, 0) is 11.3 Å². The minimum Gasteiger partial charge on any atom is -0.149 e. The molecule has 0 saturated carbocycles. The Balaban J connectivity index is 2.02. The Bertz CT molecular complexity index is 242. The quantitative estimate of drug-likeness (QED) is 0.341. The zero-order valence-corrected chi connectivity index (χ0v) is 6.69. The third-order valence-electron chi connectivity index (χ3n) is 2.19. The van der Waals surface area contributed by atoms with Gasteiger partial charge in [0.2, 0.25) is 0 Å². The summed E-state index contributed by atoms with van der Waals surface area (Å²) < 4.78 is 0. The molecule has 0 spiro atoms. The van der Waals surface area contributed by atoms with E-state index in [0.29, 0.717) is 10.5 Å². The summed E-state index contributed by atoms with van der Waals surface area (Å²) in [6.45, 7) is 0. The molecular formula is C6H5NOS2. The highest BCUT2D eigenvalue weighted by Gasteiger charge is 2.68. The SMILES string of the molecule is O=NC12C=CC3SC3C1S2. The Kier molecular flexibility index (Phi) is 0.824. The molecule has 0 bridgehead atoms. The normalized spacial score (nSPS) is 60.6. The van der Waals surface area contributed by atoms with Gasteiger partial charge >= 0.3 is 0 Å². The Morgan fingerprint density at radius 2 is 2.50 bits per heavy atom. The van der Waals surface area contributed by atoms with Crippen LogP contribution in [0.15, 0.2) is 17.3 Å². The van der Waals surface area contributed by atoms with Gasteiger partial charge in [-0.3, -0.25) is 0 Å². The molecule has 2 nitrogen and oxygen atoms in total. The molecule has 0 aromatic carbocycles. The van der Waals surface area contributed by atoms with Crippen LogP contribution in [0.2, 0.25) is 0 Å². The monoisotopic (exact) mass is 171 g/mol. The van der Waals surface area contributed by atoms with Crippen LogP contribution in [0.5, 0.6) is 0 Å². The number of thioether (sulfide) groups is 2. The molecule has 52 valence electrons. The number of hydrogen-bond acceptors (Lipinski definition) is 4. The van der Waals surface area contributed by atoms with E-state index < -0.39 is 0 Å². The fourth-order valence-electron chi connectivity index (χ4n) is 1.48. The molecule has 3 rings (SSSR count). The fraction of sp³-hybridized carbons (Fsp3) is 0.667. The summed E-state index contributed by atoms with van der Waals surface area (Å²) in [5.74, 6) is 0. The molecule has 0 aromatic heterocycles. The summed E-state index contributed by atoms with van der Waals surface area (Å²) in [5.41, 5.74) is 0. The summed E-state index contributed by atoms with van der Waals surface area (Å²) in [7, 11) is 0. The number of hydrogen-bond donors (Lipinski definition) is 0. The molecule has 2 fully saturated rings. The molecular weight excluding hydrogens is 166 g/mol. The van der Waals surface area contributed by atoms with Crippen molar-refractivity contribution in [2.24, 2.45) is 5.18 Å². The van der Waals surface area contributed by atoms with E-state index in [1.807, 2.05) is 17.8 Å². The first-order chi connectivity index (χ1) is 4.86. The first-order valence-corrected chi connectivity index (χ1v) is 5.05. The molecule has 2 heterocycles. The van der Waals surface area contributed by atoms with E-state index >= 15 is 0 Å². The predicted molar refractivity (Wildman–Crippen MR) is 44.2 cm³/mol. The van der Waals surface area contributed by atoms with Crippen molar-refractivity contribution in [3.63, 3.8) is 0 Å². The Hall–Kier alpha value is 0.0400. The van der Waals surface area contributed by atoms with E-state index in [-0.39, 0.29) is 4.87 Å². The highest BCUT2D eigenvalue weighted by molar-refractivity contribution is 8.13. The second kappa shape index (κ2) is 1.46. The highest BCUT2D eigenvalue weighted by atomic mass is 32.2. The van der Waals surface area contributed by atoms with Crippen molar-refractivity contribution in [3.05, 3.63) is 17.1 Å². The van der Waals surface area contributed by atoms with Gasteiger partial charge < -0.3 is 0 Å². The van der Waals surface area contributed by atoms with Crippen molar-refractivity contribution in [2.45, 2.75) is 20.6 Å². The van der Waals surface area contributed by atoms with Crippen molar-refractivity contribution in [1.82, 2.24) is 0 Å². The Morgan fingerprint density at radius 3 is 3.30 bits per heavy atom. The lowest BCUT2D eigenvalue weighted by molar-refractivity contribution is 0.758. The largest absolute Gasteiger partial charge is 0.179 e. The lowest BCUT2D eigenvalue weighted by atomic mass is 10.0. The number of rotatable bonds is 1. The van der Waals surface area contributed by atoms with Gasteiger partial charge in [-0.25, -0.2) is 0 Å². The molecule has 1 aliphatic carbocycles. The van der Waals surface area contributed by atoms with Crippen LogP contribution < -0.4 is 0 Å². The Morgan fingerprint density at radius 1 is 1.60 bits per heavy atom. The predicted octanol–water partition coefficient (Wildman–Crippen LogP) is 1.62. The van der Waals surface area contributed by atoms with Crippen molar-refractivity contribution in [2.75, 3.05) is 0 Å². The third kappa shape index (κ3) is 0.507. The second-order valence-corrected chi connectivity index (χ2v) is 5.56. The smallest absolute Gasteiger partial charge is 0.149 e. The molecule has 4 heteroatoms. The summed E-state index contributed by atoms with van der Waals surface area (Å²) in [6.07, 6.45) is 4.11. The molecule has 2 aliphatic heterocycles. The van der Waals surface area contributed by atoms with Crippen LogP contribution in [0.1, 0.15) is 0 Å². The van der Waals surface area contributed by atoms with Gasteiger partial charge in [-0.15, -0.1) is 28.4 Å². The van der Waals surface area contributed by atoms with Crippen LogP contribution >= 0.6 is 23.5 Å². The molecule has 2 saturated heterocycles. The van der Waals surface area contributed by atoms with E-state index in [9.17, 15) is 4.91 Å².